The molecule has 1 amide bonds. The third kappa shape index (κ3) is 1.19. The molecule has 0 bridgehead atoms. The molecule has 1 aromatic rings. The summed E-state index contributed by atoms with van der Waals surface area (Å²) in [5.74, 6) is -1.63. The van der Waals surface area contributed by atoms with Crippen molar-refractivity contribution in [2.75, 3.05) is 0 Å². The Labute approximate surface area is 79.7 Å². The average molecular weight is 189 g/mol. The number of primary amides is 1. The van der Waals surface area contributed by atoms with E-state index >= 15 is 0 Å². The summed E-state index contributed by atoms with van der Waals surface area (Å²) in [7, 11) is 0. The highest BCUT2D eigenvalue weighted by Crippen LogP contribution is 2.22. The van der Waals surface area contributed by atoms with Crippen LogP contribution in [0, 0.1) is 5.92 Å². The summed E-state index contributed by atoms with van der Waals surface area (Å²) in [4.78, 5) is 30.3. The molecular weight excluding hydrogens is 182 g/mol. The Morgan fingerprint density at radius 1 is 1.50 bits per heavy atom. The van der Waals surface area contributed by atoms with Gasteiger partial charge in [0, 0.05) is 12.4 Å². The number of hydrogen-bond acceptors (Lipinski definition) is 4. The molecule has 5 heteroatoms. The van der Waals surface area contributed by atoms with E-state index < -0.39 is 11.8 Å². The van der Waals surface area contributed by atoms with Gasteiger partial charge in [0.2, 0.25) is 5.91 Å². The molecule has 14 heavy (non-hydrogen) atoms. The van der Waals surface area contributed by atoms with Crippen molar-refractivity contribution in [1.82, 2.24) is 4.98 Å². The molecule has 0 fully saturated rings. The molecule has 1 atom stereocenters. The van der Waals surface area contributed by atoms with Crippen molar-refractivity contribution < 1.29 is 9.59 Å². The van der Waals surface area contributed by atoms with Crippen LogP contribution in [0.4, 0.5) is 5.82 Å². The molecule has 0 saturated carbocycles. The van der Waals surface area contributed by atoms with Crippen molar-refractivity contribution in [1.29, 1.82) is 0 Å². The van der Waals surface area contributed by atoms with Crippen molar-refractivity contribution in [2.45, 2.75) is 0 Å². The topological polar surface area (TPSA) is 85.4 Å². The van der Waals surface area contributed by atoms with Crippen molar-refractivity contribution in [3.8, 4) is 0 Å². The highest BCUT2D eigenvalue weighted by atomic mass is 16.2. The zero-order chi connectivity index (χ0) is 10.1. The summed E-state index contributed by atoms with van der Waals surface area (Å²) < 4.78 is 0. The van der Waals surface area contributed by atoms with Crippen molar-refractivity contribution in [2.24, 2.45) is 16.6 Å². The fourth-order valence-corrected chi connectivity index (χ4v) is 1.28. The minimum absolute atomic E-state index is 0.337. The first kappa shape index (κ1) is 8.55. The average Bonchev–Trinajstić information content (AvgIpc) is 2.18. The maximum atomic E-state index is 11.6. The van der Waals surface area contributed by atoms with Crippen LogP contribution in [-0.2, 0) is 4.79 Å². The summed E-state index contributed by atoms with van der Waals surface area (Å²) in [5, 5.41) is 0. The first-order chi connectivity index (χ1) is 6.70. The van der Waals surface area contributed by atoms with Gasteiger partial charge in [-0.15, -0.1) is 0 Å². The van der Waals surface area contributed by atoms with Gasteiger partial charge in [-0.05, 0) is 12.1 Å². The second-order valence-electron chi connectivity index (χ2n) is 2.90. The minimum atomic E-state index is -0.952. The third-order valence-corrected chi connectivity index (χ3v) is 1.99. The molecule has 2 N–H and O–H groups in total. The lowest BCUT2D eigenvalue weighted by Gasteiger charge is -2.12. The maximum absolute atomic E-state index is 11.6. The maximum Gasteiger partial charge on any atom is 0.233 e. The number of carbonyl (C=O) groups excluding carboxylic acids is 2. The third-order valence-electron chi connectivity index (χ3n) is 1.99. The van der Waals surface area contributed by atoms with Crippen LogP contribution in [0.15, 0.2) is 23.3 Å². The van der Waals surface area contributed by atoms with Gasteiger partial charge < -0.3 is 5.73 Å². The predicted octanol–water partition coefficient (Wildman–Crippen LogP) is 0.0817. The van der Waals surface area contributed by atoms with E-state index in [9.17, 15) is 9.59 Å². The van der Waals surface area contributed by atoms with E-state index in [1.54, 1.807) is 12.1 Å². The number of ketones is 1. The van der Waals surface area contributed by atoms with Crippen LogP contribution in [0.3, 0.4) is 0 Å². The van der Waals surface area contributed by atoms with E-state index in [2.05, 4.69) is 9.98 Å². The van der Waals surface area contributed by atoms with Crippen LogP contribution in [0.5, 0.6) is 0 Å². The normalized spacial score (nSPS) is 19.1. The number of Topliss-reactive ketones (excluding diaryl/α,β-unsaturated/α-hetero) is 1. The molecule has 1 aliphatic heterocycles. The van der Waals surface area contributed by atoms with Crippen molar-refractivity contribution in [3.05, 3.63) is 23.9 Å². The van der Waals surface area contributed by atoms with Crippen LogP contribution in [-0.4, -0.2) is 22.9 Å². The molecule has 0 radical (unpaired) electrons. The summed E-state index contributed by atoms with van der Waals surface area (Å²) in [6.07, 6.45) is 2.77. The summed E-state index contributed by atoms with van der Waals surface area (Å²) in [6, 6.07) is 3.20. The van der Waals surface area contributed by atoms with Gasteiger partial charge in [-0.1, -0.05) is 0 Å². The number of nitrogens with two attached hydrogens (primary N) is 1. The van der Waals surface area contributed by atoms with Gasteiger partial charge >= 0.3 is 0 Å². The van der Waals surface area contributed by atoms with Crippen molar-refractivity contribution in [3.63, 3.8) is 0 Å². The largest absolute Gasteiger partial charge is 0.369 e. The van der Waals surface area contributed by atoms with E-state index in [4.69, 9.17) is 5.73 Å². The van der Waals surface area contributed by atoms with Crippen LogP contribution < -0.4 is 5.73 Å². The number of hydrogen-bond donors (Lipinski definition) is 1. The van der Waals surface area contributed by atoms with Crippen LogP contribution in [0.2, 0.25) is 0 Å². The van der Waals surface area contributed by atoms with E-state index in [-0.39, 0.29) is 5.78 Å². The number of amides is 1. The number of rotatable bonds is 1. The lowest BCUT2D eigenvalue weighted by Crippen LogP contribution is -2.33. The van der Waals surface area contributed by atoms with Crippen LogP contribution in [0.25, 0.3) is 0 Å². The van der Waals surface area contributed by atoms with Gasteiger partial charge in [0.05, 0.1) is 5.56 Å². The molecule has 1 aromatic heterocycles. The lowest BCUT2D eigenvalue weighted by molar-refractivity contribution is -0.118. The van der Waals surface area contributed by atoms with E-state index in [1.807, 2.05) is 0 Å². The Morgan fingerprint density at radius 2 is 2.29 bits per heavy atom. The van der Waals surface area contributed by atoms with Crippen molar-refractivity contribution >= 4 is 23.7 Å². The van der Waals surface area contributed by atoms with Gasteiger partial charge in [0.15, 0.2) is 11.6 Å². The van der Waals surface area contributed by atoms with Gasteiger partial charge in [-0.2, -0.15) is 0 Å². The number of fused-ring (bicyclic) bond motifs is 1. The SMILES string of the molecule is NC(=O)C1C=Nc2ncccc2C1=O. The second kappa shape index (κ2) is 3.02. The standard InChI is InChI=1S/C9H7N3O2/c10-8(14)6-4-12-9-5(7(6)13)2-1-3-11-9/h1-4,6H,(H2,10,14). The summed E-state index contributed by atoms with van der Waals surface area (Å²) in [5.41, 5.74) is 5.39. The van der Waals surface area contributed by atoms with Gasteiger partial charge in [-0.3, -0.25) is 9.59 Å². The molecule has 1 aliphatic rings. The quantitative estimate of drug-likeness (QED) is 0.635. The van der Waals surface area contributed by atoms with E-state index in [1.165, 1.54) is 12.4 Å². The fourth-order valence-electron chi connectivity index (χ4n) is 1.28. The Balaban J connectivity index is 2.50. The molecule has 0 aliphatic carbocycles. The molecule has 0 spiro atoms. The molecular formula is C9H7N3O2. The Bertz CT molecular complexity index is 439. The highest BCUT2D eigenvalue weighted by Gasteiger charge is 2.29. The fraction of sp³-hybridized carbons (Fsp3) is 0.111. The molecule has 2 heterocycles. The molecule has 1 unspecified atom stereocenters. The Morgan fingerprint density at radius 3 is 3.00 bits per heavy atom. The molecule has 70 valence electrons. The zero-order valence-electron chi connectivity index (χ0n) is 7.18. The second-order valence-corrected chi connectivity index (χ2v) is 2.90. The predicted molar refractivity (Wildman–Crippen MR) is 49.4 cm³/mol. The minimum Gasteiger partial charge on any atom is -0.369 e. The number of aliphatic imine (C=N–C) groups is 1. The first-order valence-electron chi connectivity index (χ1n) is 4.03. The highest BCUT2D eigenvalue weighted by molar-refractivity contribution is 6.22. The molecule has 0 aromatic carbocycles. The Kier molecular flexibility index (Phi) is 1.85. The monoisotopic (exact) mass is 189 g/mol. The van der Waals surface area contributed by atoms with E-state index in [0.29, 0.717) is 11.4 Å². The molecule has 5 nitrogen and oxygen atoms in total. The summed E-state index contributed by atoms with van der Waals surface area (Å²) >= 11 is 0. The number of carbonyl (C=O) groups is 2. The first-order valence-corrected chi connectivity index (χ1v) is 4.03. The Hall–Kier alpha value is -2.04. The number of aromatic nitrogens is 1. The smallest absolute Gasteiger partial charge is 0.233 e. The van der Waals surface area contributed by atoms with Gasteiger partial charge in [-0.25, -0.2) is 9.98 Å². The number of pyridine rings is 1. The van der Waals surface area contributed by atoms with Crippen LogP contribution in [0.1, 0.15) is 10.4 Å². The summed E-state index contributed by atoms with van der Waals surface area (Å²) in [6.45, 7) is 0. The lowest BCUT2D eigenvalue weighted by atomic mass is 9.96. The molecule has 2 rings (SSSR count). The zero-order valence-corrected chi connectivity index (χ0v) is 7.18. The molecule has 0 saturated heterocycles. The van der Waals surface area contributed by atoms with E-state index in [0.717, 1.165) is 0 Å². The van der Waals surface area contributed by atoms with Gasteiger partial charge in [0.25, 0.3) is 0 Å². The van der Waals surface area contributed by atoms with Gasteiger partial charge in [0.1, 0.15) is 5.92 Å². The number of nitrogens with zero attached hydrogens (tertiary/aromatic N) is 2. The van der Waals surface area contributed by atoms with Crippen LogP contribution >= 0.6 is 0 Å².